The molecule has 2 heterocycles. The molecule has 0 atom stereocenters. The molecular weight excluding hydrogens is 308 g/mol. The van der Waals surface area contributed by atoms with E-state index in [1.165, 1.54) is 0 Å². The van der Waals surface area contributed by atoms with Crippen LogP contribution in [0.3, 0.4) is 0 Å². The van der Waals surface area contributed by atoms with Crippen LogP contribution in [-0.2, 0) is 6.42 Å². The third-order valence-electron chi connectivity index (χ3n) is 2.90. The number of nitrogens with one attached hydrogen (secondary N) is 1. The summed E-state index contributed by atoms with van der Waals surface area (Å²) >= 11 is 3.55. The van der Waals surface area contributed by atoms with Gasteiger partial charge in [-0.25, -0.2) is 9.97 Å². The van der Waals surface area contributed by atoms with E-state index in [0.717, 1.165) is 45.8 Å². The zero-order valence-electron chi connectivity index (χ0n) is 11.5. The van der Waals surface area contributed by atoms with Gasteiger partial charge in [0.1, 0.15) is 11.6 Å². The Kier molecular flexibility index (Phi) is 4.19. The van der Waals surface area contributed by atoms with Gasteiger partial charge in [0, 0.05) is 7.05 Å². The highest BCUT2D eigenvalue weighted by molar-refractivity contribution is 9.10. The van der Waals surface area contributed by atoms with Crippen LogP contribution in [0.5, 0.6) is 0 Å². The summed E-state index contributed by atoms with van der Waals surface area (Å²) in [5, 5.41) is 7.05. The van der Waals surface area contributed by atoms with Crippen molar-refractivity contribution in [3.05, 3.63) is 21.6 Å². The van der Waals surface area contributed by atoms with Crippen molar-refractivity contribution in [1.82, 2.24) is 15.1 Å². The normalized spacial score (nSPS) is 10.8. The van der Waals surface area contributed by atoms with Crippen molar-refractivity contribution in [2.24, 2.45) is 0 Å². The van der Waals surface area contributed by atoms with Gasteiger partial charge in [0.15, 0.2) is 5.82 Å². The topological polar surface area (TPSA) is 63.8 Å². The first-order chi connectivity index (χ1) is 9.08. The van der Waals surface area contributed by atoms with E-state index in [4.69, 9.17) is 4.52 Å². The third-order valence-corrected chi connectivity index (χ3v) is 3.73. The van der Waals surface area contributed by atoms with Crippen molar-refractivity contribution >= 4 is 21.7 Å². The summed E-state index contributed by atoms with van der Waals surface area (Å²) in [6, 6.07) is 0. The van der Waals surface area contributed by atoms with Gasteiger partial charge >= 0.3 is 0 Å². The van der Waals surface area contributed by atoms with Gasteiger partial charge in [-0.15, -0.1) is 0 Å². The van der Waals surface area contributed by atoms with Gasteiger partial charge in [0.2, 0.25) is 0 Å². The maximum atomic E-state index is 5.19. The molecule has 2 aromatic rings. The zero-order valence-corrected chi connectivity index (χ0v) is 13.1. The van der Waals surface area contributed by atoms with Crippen LogP contribution >= 0.6 is 15.9 Å². The summed E-state index contributed by atoms with van der Waals surface area (Å²) in [6.07, 6.45) is 1.92. The Bertz CT molecular complexity index is 575. The fourth-order valence-corrected chi connectivity index (χ4v) is 2.55. The highest BCUT2D eigenvalue weighted by atomic mass is 79.9. The molecule has 19 heavy (non-hydrogen) atoms. The van der Waals surface area contributed by atoms with E-state index in [1.807, 2.05) is 20.9 Å². The van der Waals surface area contributed by atoms with Gasteiger partial charge in [-0.2, -0.15) is 0 Å². The van der Waals surface area contributed by atoms with Crippen LogP contribution in [0.1, 0.15) is 30.5 Å². The molecular formula is C13H17BrN4O. The fraction of sp³-hybridized carbons (Fsp3) is 0.462. The molecule has 0 aromatic carbocycles. The lowest BCUT2D eigenvalue weighted by Crippen LogP contribution is -2.04. The SMILES string of the molecule is CCCc1nc(-c2c(C)noc2C)nc(NC)c1Br. The second-order valence-corrected chi connectivity index (χ2v) is 5.15. The minimum absolute atomic E-state index is 0.659. The van der Waals surface area contributed by atoms with E-state index in [1.54, 1.807) is 0 Å². The summed E-state index contributed by atoms with van der Waals surface area (Å²) in [5.74, 6) is 2.19. The van der Waals surface area contributed by atoms with Crippen LogP contribution < -0.4 is 5.32 Å². The summed E-state index contributed by atoms with van der Waals surface area (Å²) in [4.78, 5) is 9.17. The Labute approximate surface area is 121 Å². The van der Waals surface area contributed by atoms with Crippen molar-refractivity contribution in [1.29, 1.82) is 0 Å². The van der Waals surface area contributed by atoms with E-state index < -0.39 is 0 Å². The Morgan fingerprint density at radius 3 is 2.53 bits per heavy atom. The molecule has 0 unspecified atom stereocenters. The lowest BCUT2D eigenvalue weighted by molar-refractivity contribution is 0.393. The number of nitrogens with zero attached hydrogens (tertiary/aromatic N) is 3. The molecule has 0 spiro atoms. The predicted octanol–water partition coefficient (Wildman–Crippen LogP) is 3.51. The van der Waals surface area contributed by atoms with Gasteiger partial charge in [0.05, 0.1) is 21.4 Å². The Morgan fingerprint density at radius 2 is 2.00 bits per heavy atom. The molecule has 0 radical (unpaired) electrons. The monoisotopic (exact) mass is 324 g/mol. The van der Waals surface area contributed by atoms with E-state index in [-0.39, 0.29) is 0 Å². The predicted molar refractivity (Wildman–Crippen MR) is 78.2 cm³/mol. The number of hydrogen-bond acceptors (Lipinski definition) is 5. The average Bonchev–Trinajstić information content (AvgIpc) is 2.72. The number of hydrogen-bond donors (Lipinski definition) is 1. The quantitative estimate of drug-likeness (QED) is 0.932. The molecule has 2 rings (SSSR count). The fourth-order valence-electron chi connectivity index (χ4n) is 1.98. The van der Waals surface area contributed by atoms with Crippen molar-refractivity contribution < 1.29 is 4.52 Å². The van der Waals surface area contributed by atoms with Crippen LogP contribution in [-0.4, -0.2) is 22.2 Å². The molecule has 102 valence electrons. The first kappa shape index (κ1) is 14.0. The van der Waals surface area contributed by atoms with Gasteiger partial charge in [-0.05, 0) is 36.2 Å². The maximum Gasteiger partial charge on any atom is 0.167 e. The van der Waals surface area contributed by atoms with Crippen LogP contribution in [0.25, 0.3) is 11.4 Å². The van der Waals surface area contributed by atoms with Crippen molar-refractivity contribution in [2.75, 3.05) is 12.4 Å². The highest BCUT2D eigenvalue weighted by Crippen LogP contribution is 2.30. The zero-order chi connectivity index (χ0) is 14.0. The lowest BCUT2D eigenvalue weighted by atomic mass is 10.1. The number of aryl methyl sites for hydroxylation is 3. The Hall–Kier alpha value is -1.43. The molecule has 0 aliphatic carbocycles. The Balaban J connectivity index is 2.61. The molecule has 0 aliphatic heterocycles. The van der Waals surface area contributed by atoms with Gasteiger partial charge < -0.3 is 9.84 Å². The van der Waals surface area contributed by atoms with Crippen LogP contribution in [0.2, 0.25) is 0 Å². The minimum atomic E-state index is 0.659. The number of halogens is 1. The first-order valence-electron chi connectivity index (χ1n) is 6.25. The second-order valence-electron chi connectivity index (χ2n) is 4.36. The Morgan fingerprint density at radius 1 is 1.26 bits per heavy atom. The van der Waals surface area contributed by atoms with Crippen LogP contribution in [0.4, 0.5) is 5.82 Å². The van der Waals surface area contributed by atoms with Crippen molar-refractivity contribution in [2.45, 2.75) is 33.6 Å². The molecule has 0 bridgehead atoms. The van der Waals surface area contributed by atoms with Gasteiger partial charge in [-0.1, -0.05) is 18.5 Å². The first-order valence-corrected chi connectivity index (χ1v) is 7.05. The molecule has 0 fully saturated rings. The molecule has 0 aliphatic rings. The van der Waals surface area contributed by atoms with Gasteiger partial charge in [0.25, 0.3) is 0 Å². The molecule has 0 saturated carbocycles. The van der Waals surface area contributed by atoms with E-state index in [9.17, 15) is 0 Å². The minimum Gasteiger partial charge on any atom is -0.372 e. The summed E-state index contributed by atoms with van der Waals surface area (Å²) < 4.78 is 6.11. The smallest absolute Gasteiger partial charge is 0.167 e. The van der Waals surface area contributed by atoms with E-state index >= 15 is 0 Å². The standard InChI is InChI=1S/C13H17BrN4O/c1-5-6-9-11(14)13(15-4)17-12(16-9)10-7(2)18-19-8(10)3/h5-6H2,1-4H3,(H,15,16,17). The molecule has 5 nitrogen and oxygen atoms in total. The summed E-state index contributed by atoms with van der Waals surface area (Å²) in [7, 11) is 1.85. The highest BCUT2D eigenvalue weighted by Gasteiger charge is 2.18. The average molecular weight is 325 g/mol. The van der Waals surface area contributed by atoms with Crippen LogP contribution in [0.15, 0.2) is 9.00 Å². The summed E-state index contributed by atoms with van der Waals surface area (Å²) in [6.45, 7) is 5.90. The second kappa shape index (κ2) is 5.69. The largest absolute Gasteiger partial charge is 0.372 e. The van der Waals surface area contributed by atoms with Gasteiger partial charge in [-0.3, -0.25) is 0 Å². The number of aromatic nitrogens is 3. The molecule has 0 saturated heterocycles. The summed E-state index contributed by atoms with van der Waals surface area (Å²) in [5.41, 5.74) is 2.68. The van der Waals surface area contributed by atoms with E-state index in [0.29, 0.717) is 5.82 Å². The molecule has 2 aromatic heterocycles. The third kappa shape index (κ3) is 2.63. The number of anilines is 1. The lowest BCUT2D eigenvalue weighted by Gasteiger charge is -2.10. The maximum absolute atomic E-state index is 5.19. The molecule has 6 heteroatoms. The van der Waals surface area contributed by atoms with Crippen molar-refractivity contribution in [3.63, 3.8) is 0 Å². The van der Waals surface area contributed by atoms with Crippen molar-refractivity contribution in [3.8, 4) is 11.4 Å². The number of rotatable bonds is 4. The van der Waals surface area contributed by atoms with E-state index in [2.05, 4.69) is 43.3 Å². The molecule has 1 N–H and O–H groups in total. The van der Waals surface area contributed by atoms with Crippen LogP contribution in [0, 0.1) is 13.8 Å². The molecule has 0 amide bonds.